The number of nitrogens with zero attached hydrogens (tertiary/aromatic N) is 2. The zero-order chi connectivity index (χ0) is 16.3. The van der Waals surface area contributed by atoms with E-state index in [1.807, 2.05) is 22.6 Å². The number of hydrogen-bond donors (Lipinski definition) is 2. The van der Waals surface area contributed by atoms with Gasteiger partial charge in [-0.2, -0.15) is 5.10 Å². The molecule has 0 amide bonds. The molecular formula is C12H13FIN3O4S. The summed E-state index contributed by atoms with van der Waals surface area (Å²) in [6, 6.07) is 2.69. The summed E-state index contributed by atoms with van der Waals surface area (Å²) in [7, 11) is -2.69. The maximum absolute atomic E-state index is 13.8. The van der Waals surface area contributed by atoms with Crippen molar-refractivity contribution in [3.8, 4) is 5.75 Å². The molecule has 10 heteroatoms. The highest BCUT2D eigenvalue weighted by Gasteiger charge is 2.20. The summed E-state index contributed by atoms with van der Waals surface area (Å²) in [5, 5.41) is 12.6. The van der Waals surface area contributed by atoms with Crippen LogP contribution in [0.1, 0.15) is 0 Å². The number of aliphatic hydroxyl groups excluding tert-OH is 1. The van der Waals surface area contributed by atoms with Gasteiger partial charge < -0.3 is 9.84 Å². The molecule has 22 heavy (non-hydrogen) atoms. The predicted molar refractivity (Wildman–Crippen MR) is 85.8 cm³/mol. The fourth-order valence-electron chi connectivity index (χ4n) is 1.76. The van der Waals surface area contributed by atoms with E-state index in [9.17, 15) is 12.8 Å². The molecule has 120 valence electrons. The molecule has 2 N–H and O–H groups in total. The Hall–Kier alpha value is -1.40. The third-order valence-corrected chi connectivity index (χ3v) is 4.65. The zero-order valence-corrected chi connectivity index (χ0v) is 14.4. The predicted octanol–water partition coefficient (Wildman–Crippen LogP) is 1.43. The molecule has 0 saturated carbocycles. The van der Waals surface area contributed by atoms with E-state index in [-0.39, 0.29) is 29.5 Å². The molecule has 1 aromatic heterocycles. The molecule has 0 aliphatic heterocycles. The minimum Gasteiger partial charge on any atom is -0.492 e. The number of halogens is 2. The lowest BCUT2D eigenvalue weighted by Gasteiger charge is -2.12. The van der Waals surface area contributed by atoms with Gasteiger partial charge in [0.2, 0.25) is 0 Å². The van der Waals surface area contributed by atoms with Crippen LogP contribution in [0.15, 0.2) is 29.4 Å². The van der Waals surface area contributed by atoms with Crippen LogP contribution < -0.4 is 9.46 Å². The fourth-order valence-corrected chi connectivity index (χ4v) is 3.35. The van der Waals surface area contributed by atoms with Gasteiger partial charge in [-0.25, -0.2) is 12.8 Å². The molecule has 0 radical (unpaired) electrons. The van der Waals surface area contributed by atoms with Crippen molar-refractivity contribution in [2.75, 3.05) is 18.4 Å². The smallest absolute Gasteiger partial charge is 0.265 e. The van der Waals surface area contributed by atoms with Gasteiger partial charge in [0.1, 0.15) is 4.90 Å². The molecular weight excluding hydrogens is 428 g/mol. The minimum absolute atomic E-state index is 0.00167. The minimum atomic E-state index is -3.94. The summed E-state index contributed by atoms with van der Waals surface area (Å²) in [4.78, 5) is -0.0951. The molecule has 1 aromatic carbocycles. The first-order chi connectivity index (χ1) is 10.4. The quantitative estimate of drug-likeness (QED) is 0.662. The monoisotopic (exact) mass is 441 g/mol. The average Bonchev–Trinajstić information content (AvgIpc) is 2.88. The lowest BCUT2D eigenvalue weighted by molar-refractivity contribution is 0.269. The first kappa shape index (κ1) is 17.0. The molecule has 0 bridgehead atoms. The van der Waals surface area contributed by atoms with Gasteiger partial charge in [-0.1, -0.05) is 0 Å². The number of nitrogens with one attached hydrogen (secondary N) is 1. The number of benzene rings is 1. The van der Waals surface area contributed by atoms with E-state index in [4.69, 9.17) is 9.84 Å². The number of aliphatic hydroxyl groups is 1. The first-order valence-electron chi connectivity index (χ1n) is 6.06. The van der Waals surface area contributed by atoms with Gasteiger partial charge >= 0.3 is 0 Å². The first-order valence-corrected chi connectivity index (χ1v) is 8.62. The van der Waals surface area contributed by atoms with Crippen molar-refractivity contribution < 1.29 is 22.7 Å². The van der Waals surface area contributed by atoms with E-state index in [1.165, 1.54) is 30.1 Å². The molecule has 0 spiro atoms. The van der Waals surface area contributed by atoms with Crippen LogP contribution in [0.2, 0.25) is 0 Å². The normalized spacial score (nSPS) is 11.5. The van der Waals surface area contributed by atoms with Crippen LogP contribution in [0, 0.1) is 9.39 Å². The third kappa shape index (κ3) is 3.67. The Bertz CT molecular complexity index is 779. The Morgan fingerprint density at radius 3 is 2.86 bits per heavy atom. The molecule has 1 heterocycles. The average molecular weight is 441 g/mol. The van der Waals surface area contributed by atoms with Crippen LogP contribution in [-0.2, 0) is 16.6 Å². The van der Waals surface area contributed by atoms with Gasteiger partial charge in [0, 0.05) is 9.77 Å². The Morgan fingerprint density at radius 2 is 2.23 bits per heavy atom. The highest BCUT2D eigenvalue weighted by molar-refractivity contribution is 14.1. The Kier molecular flexibility index (Phi) is 5.24. The van der Waals surface area contributed by atoms with E-state index in [0.29, 0.717) is 3.57 Å². The highest BCUT2D eigenvalue weighted by Crippen LogP contribution is 2.31. The maximum Gasteiger partial charge on any atom is 0.265 e. The summed E-state index contributed by atoms with van der Waals surface area (Å²) in [6.45, 7) is 0.0151. The van der Waals surface area contributed by atoms with E-state index >= 15 is 0 Å². The SMILES string of the molecule is COc1c(F)cc(I)cc1NS(=O)(=O)c1cnn(CCO)c1. The van der Waals surface area contributed by atoms with E-state index < -0.39 is 15.8 Å². The van der Waals surface area contributed by atoms with Crippen molar-refractivity contribution in [3.05, 3.63) is 33.9 Å². The topological polar surface area (TPSA) is 93.5 Å². The van der Waals surface area contributed by atoms with Crippen LogP contribution in [0.4, 0.5) is 10.1 Å². The second kappa shape index (κ2) is 6.79. The van der Waals surface area contributed by atoms with Gasteiger partial charge in [0.15, 0.2) is 11.6 Å². The Labute approximate surface area is 140 Å². The number of methoxy groups -OCH3 is 1. The number of ether oxygens (including phenoxy) is 1. The zero-order valence-electron chi connectivity index (χ0n) is 11.5. The van der Waals surface area contributed by atoms with Crippen molar-refractivity contribution in [3.63, 3.8) is 0 Å². The molecule has 2 aromatic rings. The Morgan fingerprint density at radius 1 is 1.50 bits per heavy atom. The lowest BCUT2D eigenvalue weighted by atomic mass is 10.3. The summed E-state index contributed by atoms with van der Waals surface area (Å²) in [5.41, 5.74) is 0.00167. The maximum atomic E-state index is 13.8. The lowest BCUT2D eigenvalue weighted by Crippen LogP contribution is -2.14. The van der Waals surface area contributed by atoms with Crippen LogP contribution in [0.3, 0.4) is 0 Å². The van der Waals surface area contributed by atoms with Crippen LogP contribution in [0.5, 0.6) is 5.75 Å². The summed E-state index contributed by atoms with van der Waals surface area (Å²) in [6.07, 6.45) is 2.42. The molecule has 7 nitrogen and oxygen atoms in total. The number of aromatic nitrogens is 2. The summed E-state index contributed by atoms with van der Waals surface area (Å²) in [5.74, 6) is -0.852. The number of rotatable bonds is 6. The highest BCUT2D eigenvalue weighted by atomic mass is 127. The van der Waals surface area contributed by atoms with Gasteiger partial charge in [-0.15, -0.1) is 0 Å². The van der Waals surface area contributed by atoms with E-state index in [2.05, 4.69) is 9.82 Å². The van der Waals surface area contributed by atoms with Crippen LogP contribution in [-0.4, -0.2) is 37.0 Å². The third-order valence-electron chi connectivity index (χ3n) is 2.71. The summed E-state index contributed by atoms with van der Waals surface area (Å²) >= 11 is 1.87. The van der Waals surface area contributed by atoms with E-state index in [1.54, 1.807) is 0 Å². The molecule has 0 aliphatic rings. The second-order valence-electron chi connectivity index (χ2n) is 4.24. The standard InChI is InChI=1S/C12H13FIN3O4S/c1-21-12-10(13)4-8(14)5-11(12)16-22(19,20)9-6-15-17(7-9)2-3-18/h4-7,16,18H,2-3H2,1H3. The largest absolute Gasteiger partial charge is 0.492 e. The van der Waals surface area contributed by atoms with Crippen molar-refractivity contribution in [2.24, 2.45) is 0 Å². The van der Waals surface area contributed by atoms with Crippen molar-refractivity contribution in [1.29, 1.82) is 0 Å². The Balaban J connectivity index is 2.36. The van der Waals surface area contributed by atoms with Gasteiger partial charge in [-0.3, -0.25) is 9.40 Å². The molecule has 0 fully saturated rings. The van der Waals surface area contributed by atoms with Gasteiger partial charge in [0.05, 0.1) is 32.1 Å². The fraction of sp³-hybridized carbons (Fsp3) is 0.250. The number of anilines is 1. The summed E-state index contributed by atoms with van der Waals surface area (Å²) < 4.78 is 47.4. The van der Waals surface area contributed by atoms with Gasteiger partial charge in [0.25, 0.3) is 10.0 Å². The molecule has 2 rings (SSSR count). The van der Waals surface area contributed by atoms with Crippen LogP contribution in [0.25, 0.3) is 0 Å². The van der Waals surface area contributed by atoms with Crippen molar-refractivity contribution in [1.82, 2.24) is 9.78 Å². The number of hydrogen-bond acceptors (Lipinski definition) is 5. The second-order valence-corrected chi connectivity index (χ2v) is 7.16. The van der Waals surface area contributed by atoms with Crippen LogP contribution >= 0.6 is 22.6 Å². The molecule has 0 saturated heterocycles. The number of sulfonamides is 1. The van der Waals surface area contributed by atoms with Crippen molar-refractivity contribution in [2.45, 2.75) is 11.4 Å². The van der Waals surface area contributed by atoms with E-state index in [0.717, 1.165) is 6.20 Å². The molecule has 0 atom stereocenters. The van der Waals surface area contributed by atoms with Gasteiger partial charge in [-0.05, 0) is 34.7 Å². The van der Waals surface area contributed by atoms with Crippen molar-refractivity contribution >= 4 is 38.3 Å². The molecule has 0 unspecified atom stereocenters. The molecule has 0 aliphatic carbocycles.